The molecule has 0 aliphatic rings. The third-order valence-electron chi connectivity index (χ3n) is 2.32. The highest BCUT2D eigenvalue weighted by atomic mass is 19.1. The summed E-state index contributed by atoms with van der Waals surface area (Å²) in [6.07, 6.45) is 0. The van der Waals surface area contributed by atoms with Crippen LogP contribution in [0.3, 0.4) is 0 Å². The van der Waals surface area contributed by atoms with Crippen molar-refractivity contribution >= 4 is 11.4 Å². The predicted molar refractivity (Wildman–Crippen MR) is 60.8 cm³/mol. The zero-order valence-electron chi connectivity index (χ0n) is 9.05. The second-order valence-electron chi connectivity index (χ2n) is 3.53. The van der Waals surface area contributed by atoms with Crippen LogP contribution in [0.2, 0.25) is 0 Å². The second-order valence-corrected chi connectivity index (χ2v) is 3.53. The Labute approximate surface area is 101 Å². The first-order valence-corrected chi connectivity index (χ1v) is 5.02. The third-order valence-corrected chi connectivity index (χ3v) is 2.32. The zero-order valence-corrected chi connectivity index (χ0v) is 9.05. The van der Waals surface area contributed by atoms with Crippen molar-refractivity contribution < 1.29 is 13.2 Å². The fraction of sp³-hybridized carbons (Fsp3) is 0. The molecule has 0 atom stereocenters. The summed E-state index contributed by atoms with van der Waals surface area (Å²) in [5.41, 5.74) is -0.327. The van der Waals surface area contributed by atoms with Gasteiger partial charge in [0.15, 0.2) is 0 Å². The maximum atomic E-state index is 13.3. The van der Waals surface area contributed by atoms with Crippen LogP contribution in [0.25, 0.3) is 0 Å². The van der Waals surface area contributed by atoms with E-state index in [0.29, 0.717) is 0 Å². The molecule has 2 nitrogen and oxygen atoms in total. The molecule has 0 unspecified atom stereocenters. The molecule has 18 heavy (non-hydrogen) atoms. The van der Waals surface area contributed by atoms with Gasteiger partial charge in [0, 0.05) is 5.69 Å². The molecule has 0 aliphatic heterocycles. The first kappa shape index (κ1) is 12.0. The molecule has 0 bridgehead atoms. The van der Waals surface area contributed by atoms with Crippen LogP contribution in [0.5, 0.6) is 0 Å². The van der Waals surface area contributed by atoms with Gasteiger partial charge in [-0.3, -0.25) is 0 Å². The Bertz CT molecular complexity index is 612. The number of nitrogens with one attached hydrogen (secondary N) is 1. The zero-order chi connectivity index (χ0) is 13.1. The van der Waals surface area contributed by atoms with Crippen molar-refractivity contribution in [1.29, 1.82) is 5.26 Å². The van der Waals surface area contributed by atoms with Crippen LogP contribution in [-0.2, 0) is 0 Å². The topological polar surface area (TPSA) is 35.8 Å². The lowest BCUT2D eigenvalue weighted by atomic mass is 10.2. The first-order chi connectivity index (χ1) is 8.61. The van der Waals surface area contributed by atoms with Crippen molar-refractivity contribution in [1.82, 2.24) is 0 Å². The lowest BCUT2D eigenvalue weighted by Gasteiger charge is -2.08. The molecule has 0 amide bonds. The van der Waals surface area contributed by atoms with Crippen LogP contribution in [0.4, 0.5) is 24.5 Å². The molecule has 1 N–H and O–H groups in total. The van der Waals surface area contributed by atoms with E-state index in [-0.39, 0.29) is 16.9 Å². The van der Waals surface area contributed by atoms with Crippen molar-refractivity contribution in [3.63, 3.8) is 0 Å². The highest BCUT2D eigenvalue weighted by molar-refractivity contribution is 5.61. The van der Waals surface area contributed by atoms with E-state index in [1.807, 2.05) is 0 Å². The summed E-state index contributed by atoms with van der Waals surface area (Å²) in [6, 6.07) is 8.67. The quantitative estimate of drug-likeness (QED) is 0.879. The number of halogens is 3. The van der Waals surface area contributed by atoms with Gasteiger partial charge in [-0.25, -0.2) is 13.2 Å². The lowest BCUT2D eigenvalue weighted by Crippen LogP contribution is -1.98. The standard InChI is InChI=1S/C13H7F3N2/c14-10-2-1-3-11(15)13(10)18-9-5-4-8(7-17)12(16)6-9/h1-6,18H. The molecular weight excluding hydrogens is 241 g/mol. The molecule has 0 saturated heterocycles. The smallest absolute Gasteiger partial charge is 0.149 e. The van der Waals surface area contributed by atoms with Gasteiger partial charge in [-0.05, 0) is 30.3 Å². The molecule has 2 aromatic rings. The van der Waals surface area contributed by atoms with Crippen molar-refractivity contribution in [3.05, 3.63) is 59.4 Å². The Kier molecular flexibility index (Phi) is 3.20. The summed E-state index contributed by atoms with van der Waals surface area (Å²) in [4.78, 5) is 0. The predicted octanol–water partition coefficient (Wildman–Crippen LogP) is 3.72. The summed E-state index contributed by atoms with van der Waals surface area (Å²) >= 11 is 0. The molecule has 0 fully saturated rings. The van der Waals surface area contributed by atoms with Gasteiger partial charge in [0.25, 0.3) is 0 Å². The molecular formula is C13H7F3N2. The lowest BCUT2D eigenvalue weighted by molar-refractivity contribution is 0.590. The van der Waals surface area contributed by atoms with Crippen LogP contribution >= 0.6 is 0 Å². The molecule has 2 rings (SSSR count). The number of rotatable bonds is 2. The van der Waals surface area contributed by atoms with Gasteiger partial charge in [0.1, 0.15) is 29.2 Å². The number of anilines is 2. The van der Waals surface area contributed by atoms with E-state index in [1.165, 1.54) is 18.2 Å². The largest absolute Gasteiger partial charge is 0.351 e. The third kappa shape index (κ3) is 2.28. The Morgan fingerprint density at radius 1 is 0.944 bits per heavy atom. The van der Waals surface area contributed by atoms with Crippen LogP contribution < -0.4 is 5.32 Å². The molecule has 0 spiro atoms. The molecule has 90 valence electrons. The van der Waals surface area contributed by atoms with Gasteiger partial charge in [0.05, 0.1) is 5.56 Å². The van der Waals surface area contributed by atoms with E-state index >= 15 is 0 Å². The fourth-order valence-electron chi connectivity index (χ4n) is 1.45. The van der Waals surface area contributed by atoms with Crippen molar-refractivity contribution in [2.45, 2.75) is 0 Å². The van der Waals surface area contributed by atoms with E-state index in [2.05, 4.69) is 5.32 Å². The highest BCUT2D eigenvalue weighted by Crippen LogP contribution is 2.24. The van der Waals surface area contributed by atoms with E-state index < -0.39 is 17.5 Å². The van der Waals surface area contributed by atoms with E-state index in [1.54, 1.807) is 6.07 Å². The first-order valence-electron chi connectivity index (χ1n) is 5.02. The van der Waals surface area contributed by atoms with Gasteiger partial charge in [-0.15, -0.1) is 0 Å². The normalized spacial score (nSPS) is 9.89. The molecule has 2 aromatic carbocycles. The summed E-state index contributed by atoms with van der Waals surface area (Å²) in [6.45, 7) is 0. The summed E-state index contributed by atoms with van der Waals surface area (Å²) < 4.78 is 40.0. The molecule has 0 saturated carbocycles. The Morgan fingerprint density at radius 3 is 2.17 bits per heavy atom. The van der Waals surface area contributed by atoms with Crippen LogP contribution in [0, 0.1) is 28.8 Å². The minimum atomic E-state index is -0.778. The minimum absolute atomic E-state index is 0.130. The number of para-hydroxylation sites is 1. The van der Waals surface area contributed by atoms with Crippen LogP contribution in [0.15, 0.2) is 36.4 Å². The van der Waals surface area contributed by atoms with Crippen molar-refractivity contribution in [2.75, 3.05) is 5.32 Å². The van der Waals surface area contributed by atoms with E-state index in [0.717, 1.165) is 18.2 Å². The van der Waals surface area contributed by atoms with Gasteiger partial charge >= 0.3 is 0 Å². The summed E-state index contributed by atoms with van der Waals surface area (Å²) in [7, 11) is 0. The van der Waals surface area contributed by atoms with Crippen LogP contribution in [0.1, 0.15) is 5.56 Å². The molecule has 5 heteroatoms. The number of nitriles is 1. The Hall–Kier alpha value is -2.48. The average Bonchev–Trinajstić information content (AvgIpc) is 2.34. The molecule has 0 heterocycles. The SMILES string of the molecule is N#Cc1ccc(Nc2c(F)cccc2F)cc1F. The van der Waals surface area contributed by atoms with Gasteiger partial charge in [-0.1, -0.05) is 6.07 Å². The highest BCUT2D eigenvalue weighted by Gasteiger charge is 2.09. The monoisotopic (exact) mass is 248 g/mol. The second kappa shape index (κ2) is 4.80. The number of hydrogen-bond donors (Lipinski definition) is 1. The molecule has 0 radical (unpaired) electrons. The molecule has 0 aromatic heterocycles. The average molecular weight is 248 g/mol. The maximum absolute atomic E-state index is 13.3. The van der Waals surface area contributed by atoms with E-state index in [9.17, 15) is 13.2 Å². The maximum Gasteiger partial charge on any atom is 0.149 e. The van der Waals surface area contributed by atoms with Gasteiger partial charge < -0.3 is 5.32 Å². The minimum Gasteiger partial charge on any atom is -0.351 e. The number of hydrogen-bond acceptors (Lipinski definition) is 2. The summed E-state index contributed by atoms with van der Waals surface area (Å²) in [5, 5.41) is 11.0. The van der Waals surface area contributed by atoms with Crippen molar-refractivity contribution in [2.24, 2.45) is 0 Å². The summed E-state index contributed by atoms with van der Waals surface area (Å²) in [5.74, 6) is -2.31. The number of benzene rings is 2. The van der Waals surface area contributed by atoms with E-state index in [4.69, 9.17) is 5.26 Å². The van der Waals surface area contributed by atoms with Crippen LogP contribution in [-0.4, -0.2) is 0 Å². The van der Waals surface area contributed by atoms with Gasteiger partial charge in [-0.2, -0.15) is 5.26 Å². The Balaban J connectivity index is 2.35. The fourth-order valence-corrected chi connectivity index (χ4v) is 1.45. The number of nitrogens with zero attached hydrogens (tertiary/aromatic N) is 1. The van der Waals surface area contributed by atoms with Gasteiger partial charge in [0.2, 0.25) is 0 Å². The van der Waals surface area contributed by atoms with Crippen molar-refractivity contribution in [3.8, 4) is 6.07 Å². The molecule has 0 aliphatic carbocycles. The Morgan fingerprint density at radius 2 is 1.61 bits per heavy atom.